The highest BCUT2D eigenvalue weighted by Crippen LogP contribution is 2.22. The number of benzene rings is 1. The Balaban J connectivity index is 2.90. The molecule has 1 atom stereocenters. The predicted molar refractivity (Wildman–Crippen MR) is 55.9 cm³/mol. The molecule has 0 radical (unpaired) electrons. The van der Waals surface area contributed by atoms with Crippen molar-refractivity contribution in [2.45, 2.75) is 18.9 Å². The van der Waals surface area contributed by atoms with Crippen LogP contribution in [0.1, 0.15) is 24.4 Å². The number of allylic oxidation sites excluding steroid dienone is 1. The molecule has 1 aromatic rings. The van der Waals surface area contributed by atoms with Crippen LogP contribution in [0.3, 0.4) is 0 Å². The van der Waals surface area contributed by atoms with E-state index in [0.29, 0.717) is 12.8 Å². The molecule has 0 saturated carbocycles. The van der Waals surface area contributed by atoms with E-state index in [-0.39, 0.29) is 5.56 Å². The second kappa shape index (κ2) is 5.58. The van der Waals surface area contributed by atoms with Crippen LogP contribution < -0.4 is 11.3 Å². The molecule has 0 amide bonds. The van der Waals surface area contributed by atoms with Gasteiger partial charge in [0.2, 0.25) is 0 Å². The van der Waals surface area contributed by atoms with Crippen molar-refractivity contribution in [2.24, 2.45) is 5.84 Å². The summed E-state index contributed by atoms with van der Waals surface area (Å²) in [7, 11) is 0. The van der Waals surface area contributed by atoms with Gasteiger partial charge in [0.05, 0.1) is 0 Å². The van der Waals surface area contributed by atoms with Crippen LogP contribution in [0.2, 0.25) is 0 Å². The monoisotopic (exact) mass is 212 g/mol. The molecule has 3 N–H and O–H groups in total. The van der Waals surface area contributed by atoms with Crippen molar-refractivity contribution in [2.75, 3.05) is 0 Å². The maximum atomic E-state index is 13.4. The standard InChI is InChI=1S/C11H14F2N2/c1-2-3-7-10(15-14)8-5-4-6-9(12)11(8)13/h2,4-6,10,15H,1,3,7,14H2. The molecule has 0 fully saturated rings. The summed E-state index contributed by atoms with van der Waals surface area (Å²) in [6.45, 7) is 3.56. The normalized spacial score (nSPS) is 12.5. The predicted octanol–water partition coefficient (Wildman–Crippen LogP) is 2.44. The maximum absolute atomic E-state index is 13.4. The highest BCUT2D eigenvalue weighted by Gasteiger charge is 2.15. The van der Waals surface area contributed by atoms with E-state index in [4.69, 9.17) is 5.84 Å². The summed E-state index contributed by atoms with van der Waals surface area (Å²) in [6.07, 6.45) is 2.98. The molecular weight excluding hydrogens is 198 g/mol. The fourth-order valence-corrected chi connectivity index (χ4v) is 1.40. The van der Waals surface area contributed by atoms with Gasteiger partial charge in [-0.05, 0) is 18.9 Å². The fraction of sp³-hybridized carbons (Fsp3) is 0.273. The molecule has 0 spiro atoms. The lowest BCUT2D eigenvalue weighted by Crippen LogP contribution is -2.28. The van der Waals surface area contributed by atoms with Crippen LogP contribution in [0.25, 0.3) is 0 Å². The molecular formula is C11H14F2N2. The van der Waals surface area contributed by atoms with Crippen molar-refractivity contribution in [3.05, 3.63) is 48.1 Å². The molecule has 0 aliphatic heterocycles. The van der Waals surface area contributed by atoms with Crippen LogP contribution in [0, 0.1) is 11.6 Å². The minimum absolute atomic E-state index is 0.249. The zero-order valence-corrected chi connectivity index (χ0v) is 8.34. The van der Waals surface area contributed by atoms with Gasteiger partial charge in [-0.15, -0.1) is 6.58 Å². The SMILES string of the molecule is C=CCCC(NN)c1cccc(F)c1F. The van der Waals surface area contributed by atoms with Gasteiger partial charge in [-0.25, -0.2) is 8.78 Å². The van der Waals surface area contributed by atoms with Crippen LogP contribution in [0.4, 0.5) is 8.78 Å². The number of hydrogen-bond donors (Lipinski definition) is 2. The van der Waals surface area contributed by atoms with Gasteiger partial charge in [0.25, 0.3) is 0 Å². The average molecular weight is 212 g/mol. The quantitative estimate of drug-likeness (QED) is 0.447. The van der Waals surface area contributed by atoms with Gasteiger partial charge >= 0.3 is 0 Å². The number of rotatable bonds is 5. The van der Waals surface area contributed by atoms with E-state index in [9.17, 15) is 8.78 Å². The van der Waals surface area contributed by atoms with E-state index in [0.717, 1.165) is 6.07 Å². The van der Waals surface area contributed by atoms with E-state index < -0.39 is 17.7 Å². The van der Waals surface area contributed by atoms with Crippen molar-refractivity contribution in [3.63, 3.8) is 0 Å². The van der Waals surface area contributed by atoms with Gasteiger partial charge in [0.1, 0.15) is 0 Å². The number of nitrogens with two attached hydrogens (primary N) is 1. The molecule has 0 saturated heterocycles. The fourth-order valence-electron chi connectivity index (χ4n) is 1.40. The van der Waals surface area contributed by atoms with Gasteiger partial charge in [0.15, 0.2) is 11.6 Å². The molecule has 0 heterocycles. The van der Waals surface area contributed by atoms with Crippen LogP contribution >= 0.6 is 0 Å². The molecule has 0 bridgehead atoms. The smallest absolute Gasteiger partial charge is 0.163 e. The number of halogens is 2. The third kappa shape index (κ3) is 2.84. The van der Waals surface area contributed by atoms with Crippen molar-refractivity contribution in [3.8, 4) is 0 Å². The van der Waals surface area contributed by atoms with Crippen LogP contribution in [-0.4, -0.2) is 0 Å². The number of hydrogen-bond acceptors (Lipinski definition) is 2. The first kappa shape index (κ1) is 11.8. The minimum atomic E-state index is -0.855. The highest BCUT2D eigenvalue weighted by molar-refractivity contribution is 5.22. The molecule has 1 rings (SSSR count). The van der Waals surface area contributed by atoms with Crippen molar-refractivity contribution >= 4 is 0 Å². The first-order valence-corrected chi connectivity index (χ1v) is 4.71. The zero-order chi connectivity index (χ0) is 11.3. The van der Waals surface area contributed by atoms with Crippen molar-refractivity contribution in [1.29, 1.82) is 0 Å². The Morgan fingerprint density at radius 2 is 2.20 bits per heavy atom. The Bertz CT molecular complexity index is 339. The lowest BCUT2D eigenvalue weighted by atomic mass is 10.0. The second-order valence-electron chi connectivity index (χ2n) is 3.23. The summed E-state index contributed by atoms with van der Waals surface area (Å²) in [6, 6.07) is 3.68. The van der Waals surface area contributed by atoms with E-state index in [1.165, 1.54) is 12.1 Å². The third-order valence-electron chi connectivity index (χ3n) is 2.22. The molecule has 82 valence electrons. The molecule has 1 unspecified atom stereocenters. The molecule has 2 nitrogen and oxygen atoms in total. The van der Waals surface area contributed by atoms with Gasteiger partial charge in [-0.2, -0.15) is 0 Å². The largest absolute Gasteiger partial charge is 0.271 e. The van der Waals surface area contributed by atoms with E-state index in [1.807, 2.05) is 0 Å². The molecule has 1 aromatic carbocycles. The Morgan fingerprint density at radius 3 is 2.80 bits per heavy atom. The molecule has 0 aliphatic carbocycles. The summed E-state index contributed by atoms with van der Waals surface area (Å²) in [5.74, 6) is 3.59. The highest BCUT2D eigenvalue weighted by atomic mass is 19.2. The summed E-state index contributed by atoms with van der Waals surface area (Å²) in [5, 5.41) is 0. The maximum Gasteiger partial charge on any atom is 0.163 e. The Labute approximate surface area is 87.8 Å². The number of hydrazine groups is 1. The van der Waals surface area contributed by atoms with Gasteiger partial charge in [-0.3, -0.25) is 11.3 Å². The average Bonchev–Trinajstić information content (AvgIpc) is 2.25. The van der Waals surface area contributed by atoms with Gasteiger partial charge in [0, 0.05) is 11.6 Å². The first-order chi connectivity index (χ1) is 7.20. The van der Waals surface area contributed by atoms with Crippen LogP contribution in [0.15, 0.2) is 30.9 Å². The van der Waals surface area contributed by atoms with E-state index in [1.54, 1.807) is 6.08 Å². The van der Waals surface area contributed by atoms with Gasteiger partial charge < -0.3 is 0 Å². The van der Waals surface area contributed by atoms with E-state index in [2.05, 4.69) is 12.0 Å². The summed E-state index contributed by atoms with van der Waals surface area (Å²) >= 11 is 0. The molecule has 0 aromatic heterocycles. The lowest BCUT2D eigenvalue weighted by molar-refractivity contribution is 0.454. The second-order valence-corrected chi connectivity index (χ2v) is 3.23. The van der Waals surface area contributed by atoms with E-state index >= 15 is 0 Å². The summed E-state index contributed by atoms with van der Waals surface area (Å²) in [4.78, 5) is 0. The molecule has 15 heavy (non-hydrogen) atoms. The minimum Gasteiger partial charge on any atom is -0.271 e. The topological polar surface area (TPSA) is 38.0 Å². The molecule has 0 aliphatic rings. The number of nitrogens with one attached hydrogen (secondary N) is 1. The summed E-state index contributed by atoms with van der Waals surface area (Å²) in [5.41, 5.74) is 2.72. The Hall–Kier alpha value is -1.26. The zero-order valence-electron chi connectivity index (χ0n) is 8.34. The lowest BCUT2D eigenvalue weighted by Gasteiger charge is -2.16. The van der Waals surface area contributed by atoms with Crippen LogP contribution in [0.5, 0.6) is 0 Å². The Kier molecular flexibility index (Phi) is 4.39. The molecule has 4 heteroatoms. The first-order valence-electron chi connectivity index (χ1n) is 4.71. The Morgan fingerprint density at radius 1 is 1.47 bits per heavy atom. The van der Waals surface area contributed by atoms with Crippen molar-refractivity contribution < 1.29 is 8.78 Å². The third-order valence-corrected chi connectivity index (χ3v) is 2.22. The van der Waals surface area contributed by atoms with Gasteiger partial charge in [-0.1, -0.05) is 18.2 Å². The summed E-state index contributed by atoms with van der Waals surface area (Å²) < 4.78 is 26.3. The van der Waals surface area contributed by atoms with Crippen LogP contribution in [-0.2, 0) is 0 Å². The van der Waals surface area contributed by atoms with Crippen molar-refractivity contribution in [1.82, 2.24) is 5.43 Å².